The van der Waals surface area contributed by atoms with Gasteiger partial charge in [0.15, 0.2) is 9.84 Å². The first kappa shape index (κ1) is 15.8. The highest BCUT2D eigenvalue weighted by atomic mass is 32.2. The summed E-state index contributed by atoms with van der Waals surface area (Å²) in [5.74, 6) is 0.197. The average Bonchev–Trinajstić information content (AvgIpc) is 2.10. The van der Waals surface area contributed by atoms with Gasteiger partial charge in [-0.1, -0.05) is 6.92 Å². The lowest BCUT2D eigenvalue weighted by molar-refractivity contribution is 0.549. The molecule has 0 bridgehead atoms. The number of hydrogen-bond donors (Lipinski definition) is 2. The third-order valence-corrected chi connectivity index (χ3v) is 4.54. The molecular weight excluding hydrogens is 252 g/mol. The van der Waals surface area contributed by atoms with E-state index < -0.39 is 19.9 Å². The van der Waals surface area contributed by atoms with E-state index in [2.05, 4.69) is 10.0 Å². The maximum absolute atomic E-state index is 11.3. The zero-order valence-corrected chi connectivity index (χ0v) is 11.5. The molecule has 1 atom stereocenters. The maximum atomic E-state index is 11.3. The number of sulfonamides is 1. The standard InChI is InChI=1S/C8H20N2O4S2/c1-4-16(13,14)7-8(2)9-5-6-10-15(3,11)12/h8-10H,4-7H2,1-3H3. The van der Waals surface area contributed by atoms with Gasteiger partial charge in [0.05, 0.1) is 12.0 Å². The largest absolute Gasteiger partial charge is 0.312 e. The Morgan fingerprint density at radius 2 is 1.69 bits per heavy atom. The molecule has 8 heteroatoms. The van der Waals surface area contributed by atoms with E-state index in [9.17, 15) is 16.8 Å². The van der Waals surface area contributed by atoms with E-state index in [1.54, 1.807) is 13.8 Å². The second kappa shape index (κ2) is 6.53. The molecule has 0 aromatic rings. The summed E-state index contributed by atoms with van der Waals surface area (Å²) in [6, 6.07) is -0.175. The second-order valence-electron chi connectivity index (χ2n) is 3.72. The van der Waals surface area contributed by atoms with E-state index in [4.69, 9.17) is 0 Å². The predicted molar refractivity (Wildman–Crippen MR) is 64.6 cm³/mol. The molecule has 2 N–H and O–H groups in total. The Balaban J connectivity index is 3.79. The first-order chi connectivity index (χ1) is 7.16. The minimum Gasteiger partial charge on any atom is -0.312 e. The van der Waals surface area contributed by atoms with Crippen LogP contribution in [0.1, 0.15) is 13.8 Å². The quantitative estimate of drug-likeness (QED) is 0.550. The van der Waals surface area contributed by atoms with Gasteiger partial charge < -0.3 is 5.32 Å². The van der Waals surface area contributed by atoms with E-state index in [0.29, 0.717) is 6.54 Å². The molecule has 0 spiro atoms. The number of hydrogen-bond acceptors (Lipinski definition) is 5. The summed E-state index contributed by atoms with van der Waals surface area (Å²) in [4.78, 5) is 0. The molecule has 98 valence electrons. The molecule has 1 unspecified atom stereocenters. The van der Waals surface area contributed by atoms with Crippen LogP contribution < -0.4 is 10.0 Å². The van der Waals surface area contributed by atoms with Crippen LogP contribution >= 0.6 is 0 Å². The molecule has 0 amide bonds. The number of sulfone groups is 1. The van der Waals surface area contributed by atoms with Crippen LogP contribution in [-0.2, 0) is 19.9 Å². The summed E-state index contributed by atoms with van der Waals surface area (Å²) >= 11 is 0. The third-order valence-electron chi connectivity index (χ3n) is 1.93. The lowest BCUT2D eigenvalue weighted by atomic mass is 10.4. The molecule has 0 aromatic carbocycles. The summed E-state index contributed by atoms with van der Waals surface area (Å²) < 4.78 is 46.2. The molecule has 0 fully saturated rings. The zero-order chi connectivity index (χ0) is 12.8. The smallest absolute Gasteiger partial charge is 0.208 e. The zero-order valence-electron chi connectivity index (χ0n) is 9.86. The van der Waals surface area contributed by atoms with Crippen molar-refractivity contribution in [3.63, 3.8) is 0 Å². The highest BCUT2D eigenvalue weighted by Gasteiger charge is 2.12. The van der Waals surface area contributed by atoms with Gasteiger partial charge in [-0.2, -0.15) is 0 Å². The molecule has 0 heterocycles. The molecule has 0 aliphatic carbocycles. The topological polar surface area (TPSA) is 92.3 Å². The van der Waals surface area contributed by atoms with Crippen LogP contribution in [0.5, 0.6) is 0 Å². The van der Waals surface area contributed by atoms with Crippen LogP contribution in [-0.4, -0.2) is 53.7 Å². The van der Waals surface area contributed by atoms with Crippen molar-refractivity contribution < 1.29 is 16.8 Å². The van der Waals surface area contributed by atoms with Crippen LogP contribution in [0.2, 0.25) is 0 Å². The first-order valence-corrected chi connectivity index (χ1v) is 8.76. The molecule has 16 heavy (non-hydrogen) atoms. The molecular formula is C8H20N2O4S2. The van der Waals surface area contributed by atoms with Crippen molar-refractivity contribution in [2.45, 2.75) is 19.9 Å². The van der Waals surface area contributed by atoms with E-state index >= 15 is 0 Å². The fourth-order valence-corrected chi connectivity index (χ4v) is 2.70. The van der Waals surface area contributed by atoms with Crippen molar-refractivity contribution in [2.24, 2.45) is 0 Å². The maximum Gasteiger partial charge on any atom is 0.208 e. The van der Waals surface area contributed by atoms with Crippen molar-refractivity contribution in [3.05, 3.63) is 0 Å². The summed E-state index contributed by atoms with van der Waals surface area (Å²) in [6.45, 7) is 4.03. The lowest BCUT2D eigenvalue weighted by Gasteiger charge is -2.13. The van der Waals surface area contributed by atoms with E-state index in [1.165, 1.54) is 0 Å². The normalized spacial score (nSPS) is 14.9. The Labute approximate surface area is 97.8 Å². The fraction of sp³-hybridized carbons (Fsp3) is 1.00. The molecule has 0 saturated heterocycles. The lowest BCUT2D eigenvalue weighted by Crippen LogP contribution is -2.38. The molecule has 6 nitrogen and oxygen atoms in total. The summed E-state index contributed by atoms with van der Waals surface area (Å²) in [6.07, 6.45) is 1.08. The fourth-order valence-electron chi connectivity index (χ4n) is 1.11. The third kappa shape index (κ3) is 9.08. The molecule has 0 rings (SSSR count). The first-order valence-electron chi connectivity index (χ1n) is 5.04. The summed E-state index contributed by atoms with van der Waals surface area (Å²) in [5.41, 5.74) is 0. The minimum absolute atomic E-state index is 0.0718. The molecule has 0 radical (unpaired) electrons. The average molecular weight is 272 g/mol. The van der Waals surface area contributed by atoms with Crippen LogP contribution in [0.15, 0.2) is 0 Å². The van der Waals surface area contributed by atoms with Gasteiger partial charge in [-0.3, -0.25) is 0 Å². The van der Waals surface area contributed by atoms with Crippen molar-refractivity contribution in [3.8, 4) is 0 Å². The summed E-state index contributed by atoms with van der Waals surface area (Å²) in [5, 5.41) is 2.94. The Morgan fingerprint density at radius 1 is 1.12 bits per heavy atom. The van der Waals surface area contributed by atoms with Gasteiger partial charge in [-0.05, 0) is 6.92 Å². The number of nitrogens with one attached hydrogen (secondary N) is 2. The van der Waals surface area contributed by atoms with E-state index in [0.717, 1.165) is 6.26 Å². The van der Waals surface area contributed by atoms with Crippen LogP contribution in [0.4, 0.5) is 0 Å². The molecule has 0 saturated carbocycles. The minimum atomic E-state index is -3.17. The SMILES string of the molecule is CCS(=O)(=O)CC(C)NCCNS(C)(=O)=O. The number of rotatable bonds is 8. The van der Waals surface area contributed by atoms with Crippen molar-refractivity contribution >= 4 is 19.9 Å². The summed E-state index contributed by atoms with van der Waals surface area (Å²) in [7, 11) is -6.16. The van der Waals surface area contributed by atoms with Gasteiger partial charge in [0.1, 0.15) is 0 Å². The Hall–Kier alpha value is -0.180. The van der Waals surface area contributed by atoms with Crippen LogP contribution in [0, 0.1) is 0 Å². The van der Waals surface area contributed by atoms with Gasteiger partial charge in [0.25, 0.3) is 0 Å². The van der Waals surface area contributed by atoms with Crippen molar-refractivity contribution in [1.29, 1.82) is 0 Å². The van der Waals surface area contributed by atoms with Crippen LogP contribution in [0.3, 0.4) is 0 Å². The van der Waals surface area contributed by atoms with Gasteiger partial charge in [0.2, 0.25) is 10.0 Å². The molecule has 0 aliphatic rings. The Bertz CT molecular complexity index is 388. The molecule has 0 aromatic heterocycles. The van der Waals surface area contributed by atoms with Gasteiger partial charge in [-0.25, -0.2) is 21.6 Å². The van der Waals surface area contributed by atoms with Crippen molar-refractivity contribution in [2.75, 3.05) is 30.9 Å². The second-order valence-corrected chi connectivity index (χ2v) is 7.95. The van der Waals surface area contributed by atoms with E-state index in [-0.39, 0.29) is 24.1 Å². The van der Waals surface area contributed by atoms with E-state index in [1.807, 2.05) is 0 Å². The van der Waals surface area contributed by atoms with Crippen LogP contribution in [0.25, 0.3) is 0 Å². The molecule has 0 aliphatic heterocycles. The monoisotopic (exact) mass is 272 g/mol. The van der Waals surface area contributed by atoms with Crippen molar-refractivity contribution in [1.82, 2.24) is 10.0 Å². The Kier molecular flexibility index (Phi) is 6.46. The highest BCUT2D eigenvalue weighted by molar-refractivity contribution is 7.91. The van der Waals surface area contributed by atoms with Gasteiger partial charge >= 0.3 is 0 Å². The Morgan fingerprint density at radius 3 is 2.12 bits per heavy atom. The predicted octanol–water partition coefficient (Wildman–Crippen LogP) is -1.05. The van der Waals surface area contributed by atoms with Gasteiger partial charge in [-0.15, -0.1) is 0 Å². The highest BCUT2D eigenvalue weighted by Crippen LogP contribution is 1.93. The van der Waals surface area contributed by atoms with Gasteiger partial charge in [0, 0.05) is 24.9 Å².